The minimum absolute atomic E-state index is 0. The number of nitrogens with one attached hydrogen (secondary N) is 1. The van der Waals surface area contributed by atoms with E-state index in [2.05, 4.69) is 43.8 Å². The molecule has 2 aromatic rings. The van der Waals surface area contributed by atoms with Crippen molar-refractivity contribution < 1.29 is 0 Å². The van der Waals surface area contributed by atoms with Crippen LogP contribution in [0.4, 0.5) is 0 Å². The fraction of sp³-hybridized carbons (Fsp3) is 0.632. The summed E-state index contributed by atoms with van der Waals surface area (Å²) in [6.07, 6.45) is 5.82. The lowest BCUT2D eigenvalue weighted by Gasteiger charge is -2.22. The number of halogens is 2. The third-order valence-corrected chi connectivity index (χ3v) is 5.30. The Morgan fingerprint density at radius 3 is 2.66 bits per heavy atom. The zero-order valence-corrected chi connectivity index (χ0v) is 22.0. The molecule has 0 atom stereocenters. The van der Waals surface area contributed by atoms with E-state index in [1.807, 2.05) is 37.2 Å². The summed E-state index contributed by atoms with van der Waals surface area (Å²) in [5.41, 5.74) is 1.14. The minimum Gasteiger partial charge on any atom is -0.356 e. The zero-order chi connectivity index (χ0) is 20.7. The van der Waals surface area contributed by atoms with Crippen LogP contribution in [0.1, 0.15) is 31.8 Å². The SMILES string of the molecule is CN=C(NCCCc1nnc(SC)n1CC(C)C)N(C)Cc1cc(Cl)cn1C.I. The van der Waals surface area contributed by atoms with Gasteiger partial charge in [0.1, 0.15) is 5.82 Å². The molecule has 0 spiro atoms. The number of hydrogen-bond acceptors (Lipinski definition) is 4. The number of hydrogen-bond donors (Lipinski definition) is 1. The zero-order valence-electron chi connectivity index (χ0n) is 18.1. The molecular weight excluding hydrogens is 521 g/mol. The fourth-order valence-corrected chi connectivity index (χ4v) is 3.87. The Morgan fingerprint density at radius 1 is 1.38 bits per heavy atom. The van der Waals surface area contributed by atoms with Gasteiger partial charge in [-0.1, -0.05) is 37.2 Å². The van der Waals surface area contributed by atoms with E-state index in [-0.39, 0.29) is 24.0 Å². The molecule has 164 valence electrons. The van der Waals surface area contributed by atoms with Gasteiger partial charge in [0.15, 0.2) is 11.1 Å². The van der Waals surface area contributed by atoms with E-state index in [9.17, 15) is 0 Å². The summed E-state index contributed by atoms with van der Waals surface area (Å²) in [6.45, 7) is 6.96. The molecule has 0 saturated heterocycles. The second-order valence-electron chi connectivity index (χ2n) is 7.30. The first-order valence-corrected chi connectivity index (χ1v) is 11.1. The van der Waals surface area contributed by atoms with Gasteiger partial charge in [-0.25, -0.2) is 0 Å². The van der Waals surface area contributed by atoms with Gasteiger partial charge in [0.25, 0.3) is 0 Å². The van der Waals surface area contributed by atoms with E-state index < -0.39 is 0 Å². The predicted molar refractivity (Wildman–Crippen MR) is 134 cm³/mol. The Balaban J connectivity index is 0.00000420. The van der Waals surface area contributed by atoms with Crippen LogP contribution in [-0.2, 0) is 26.6 Å². The van der Waals surface area contributed by atoms with E-state index >= 15 is 0 Å². The van der Waals surface area contributed by atoms with Crippen LogP contribution >= 0.6 is 47.3 Å². The van der Waals surface area contributed by atoms with Gasteiger partial charge < -0.3 is 19.4 Å². The van der Waals surface area contributed by atoms with Crippen molar-refractivity contribution in [3.05, 3.63) is 28.8 Å². The highest BCUT2D eigenvalue weighted by Crippen LogP contribution is 2.17. The minimum atomic E-state index is 0. The first kappa shape index (κ1) is 26.1. The van der Waals surface area contributed by atoms with Crippen molar-refractivity contribution in [3.63, 3.8) is 0 Å². The van der Waals surface area contributed by atoms with Gasteiger partial charge in [0.05, 0.1) is 11.6 Å². The second kappa shape index (κ2) is 12.7. The number of aliphatic imine (C=N–C) groups is 1. The smallest absolute Gasteiger partial charge is 0.193 e. The largest absolute Gasteiger partial charge is 0.356 e. The molecule has 2 aromatic heterocycles. The normalized spacial score (nSPS) is 11.7. The molecule has 0 aliphatic carbocycles. The Hall–Kier alpha value is -0.940. The van der Waals surface area contributed by atoms with Crippen LogP contribution in [0.15, 0.2) is 22.4 Å². The van der Waals surface area contributed by atoms with Crippen molar-refractivity contribution in [3.8, 4) is 0 Å². The lowest BCUT2D eigenvalue weighted by Crippen LogP contribution is -2.39. The van der Waals surface area contributed by atoms with Crippen LogP contribution in [-0.4, -0.2) is 57.1 Å². The predicted octanol–water partition coefficient (Wildman–Crippen LogP) is 3.91. The summed E-state index contributed by atoms with van der Waals surface area (Å²) in [7, 11) is 5.84. The molecule has 0 aliphatic heterocycles. The number of aromatic nitrogens is 4. The molecule has 7 nitrogen and oxygen atoms in total. The van der Waals surface area contributed by atoms with E-state index in [1.54, 1.807) is 18.8 Å². The molecule has 2 heterocycles. The molecule has 2 rings (SSSR count). The number of guanidine groups is 1. The van der Waals surface area contributed by atoms with Crippen molar-refractivity contribution in [2.75, 3.05) is 26.9 Å². The summed E-state index contributed by atoms with van der Waals surface area (Å²) < 4.78 is 4.28. The van der Waals surface area contributed by atoms with Gasteiger partial charge in [-0.3, -0.25) is 4.99 Å². The van der Waals surface area contributed by atoms with Crippen LogP contribution in [0.25, 0.3) is 0 Å². The number of thioether (sulfide) groups is 1. The maximum Gasteiger partial charge on any atom is 0.193 e. The molecule has 0 radical (unpaired) electrons. The molecule has 0 amide bonds. The molecule has 0 aliphatic rings. The van der Waals surface area contributed by atoms with E-state index in [0.717, 1.165) is 60.1 Å². The highest BCUT2D eigenvalue weighted by Gasteiger charge is 2.13. The summed E-state index contributed by atoms with van der Waals surface area (Å²) in [5, 5.41) is 13.9. The Bertz CT molecular complexity index is 788. The number of aryl methyl sites for hydroxylation is 2. The van der Waals surface area contributed by atoms with Gasteiger partial charge in [0.2, 0.25) is 0 Å². The number of rotatable bonds is 9. The van der Waals surface area contributed by atoms with Crippen molar-refractivity contribution >= 4 is 53.3 Å². The molecule has 0 bridgehead atoms. The molecule has 1 N–H and O–H groups in total. The maximum atomic E-state index is 6.08. The molecule has 0 fully saturated rings. The standard InChI is InChI=1S/C19H32ClN7S.HI/c1-14(2)11-27-17(23-24-19(27)28-6)8-7-9-22-18(21-3)26(5)13-16-10-15(20)12-25(16)4;/h10,12,14H,7-9,11,13H2,1-6H3,(H,21,22);1H. The molecule has 0 saturated carbocycles. The molecule has 0 aromatic carbocycles. The lowest BCUT2D eigenvalue weighted by atomic mass is 10.2. The second-order valence-corrected chi connectivity index (χ2v) is 8.51. The first-order chi connectivity index (χ1) is 13.3. The Morgan fingerprint density at radius 2 is 2.10 bits per heavy atom. The summed E-state index contributed by atoms with van der Waals surface area (Å²) in [6, 6.07) is 1.98. The molecule has 10 heteroatoms. The average molecular weight is 554 g/mol. The van der Waals surface area contributed by atoms with E-state index in [4.69, 9.17) is 11.6 Å². The summed E-state index contributed by atoms with van der Waals surface area (Å²) >= 11 is 7.73. The Labute approximate surface area is 200 Å². The quantitative estimate of drug-likeness (QED) is 0.168. The summed E-state index contributed by atoms with van der Waals surface area (Å²) in [4.78, 5) is 6.49. The lowest BCUT2D eigenvalue weighted by molar-refractivity contribution is 0.458. The fourth-order valence-electron chi connectivity index (χ4n) is 3.08. The highest BCUT2D eigenvalue weighted by molar-refractivity contribution is 14.0. The molecule has 0 unspecified atom stereocenters. The van der Waals surface area contributed by atoms with Gasteiger partial charge in [-0.05, 0) is 24.7 Å². The van der Waals surface area contributed by atoms with Crippen LogP contribution in [0.5, 0.6) is 0 Å². The topological polar surface area (TPSA) is 63.3 Å². The Kier molecular flexibility index (Phi) is 11.4. The maximum absolute atomic E-state index is 6.08. The van der Waals surface area contributed by atoms with Crippen molar-refractivity contribution in [2.24, 2.45) is 18.0 Å². The van der Waals surface area contributed by atoms with Gasteiger partial charge >= 0.3 is 0 Å². The summed E-state index contributed by atoms with van der Waals surface area (Å²) in [5.74, 6) is 2.49. The van der Waals surface area contributed by atoms with Gasteiger partial charge in [-0.2, -0.15) is 0 Å². The van der Waals surface area contributed by atoms with Crippen LogP contribution in [0, 0.1) is 5.92 Å². The van der Waals surface area contributed by atoms with Gasteiger partial charge in [0, 0.05) is 52.5 Å². The molecular formula is C19H33ClIN7S. The van der Waals surface area contributed by atoms with Crippen molar-refractivity contribution in [1.29, 1.82) is 0 Å². The van der Waals surface area contributed by atoms with Crippen LogP contribution in [0.2, 0.25) is 5.02 Å². The average Bonchev–Trinajstić information content (AvgIpc) is 3.16. The van der Waals surface area contributed by atoms with Crippen LogP contribution < -0.4 is 5.32 Å². The van der Waals surface area contributed by atoms with Crippen LogP contribution in [0.3, 0.4) is 0 Å². The van der Waals surface area contributed by atoms with E-state index in [1.165, 1.54) is 0 Å². The monoisotopic (exact) mass is 553 g/mol. The third-order valence-electron chi connectivity index (χ3n) is 4.43. The molecule has 29 heavy (non-hydrogen) atoms. The third kappa shape index (κ3) is 7.67. The van der Waals surface area contributed by atoms with Gasteiger partial charge in [-0.15, -0.1) is 34.2 Å². The van der Waals surface area contributed by atoms with Crippen molar-refractivity contribution in [2.45, 2.75) is 44.9 Å². The highest BCUT2D eigenvalue weighted by atomic mass is 127. The first-order valence-electron chi connectivity index (χ1n) is 9.54. The van der Waals surface area contributed by atoms with E-state index in [0.29, 0.717) is 5.92 Å². The van der Waals surface area contributed by atoms with Crippen molar-refractivity contribution in [1.82, 2.24) is 29.5 Å². The number of nitrogens with zero attached hydrogens (tertiary/aromatic N) is 6.